The largest absolute Gasteiger partial charge is 0.356 e. The Balaban J connectivity index is 2.90. The van der Waals surface area contributed by atoms with Gasteiger partial charge in [0.05, 0.1) is 0 Å². The summed E-state index contributed by atoms with van der Waals surface area (Å²) in [5.41, 5.74) is 0. The molecule has 1 rings (SSSR count). The van der Waals surface area contributed by atoms with E-state index in [0.717, 1.165) is 25.3 Å². The van der Waals surface area contributed by atoms with Crippen molar-refractivity contribution >= 4 is 17.6 Å². The summed E-state index contributed by atoms with van der Waals surface area (Å²) in [6, 6.07) is 4.13. The Bertz CT molecular complexity index is 276. The number of pyridine rings is 1. The van der Waals surface area contributed by atoms with Crippen LogP contribution >= 0.6 is 11.8 Å². The molecule has 0 spiro atoms. The summed E-state index contributed by atoms with van der Waals surface area (Å²) in [5.74, 6) is 1.13. The number of thioether (sulfide) groups is 1. The SMILES string of the molecule is CCCN(CC)c1ncccc1SC. The fraction of sp³-hybridized carbons (Fsp3) is 0.545. The van der Waals surface area contributed by atoms with Crippen molar-refractivity contribution in [1.82, 2.24) is 4.98 Å². The topological polar surface area (TPSA) is 16.1 Å². The Morgan fingerprint density at radius 2 is 2.21 bits per heavy atom. The normalized spacial score (nSPS) is 10.2. The van der Waals surface area contributed by atoms with Crippen molar-refractivity contribution in [2.75, 3.05) is 24.2 Å². The fourth-order valence-corrected chi connectivity index (χ4v) is 2.04. The molecule has 0 aromatic carbocycles. The van der Waals surface area contributed by atoms with E-state index in [-0.39, 0.29) is 0 Å². The zero-order valence-electron chi connectivity index (χ0n) is 9.16. The molecule has 14 heavy (non-hydrogen) atoms. The number of anilines is 1. The van der Waals surface area contributed by atoms with Gasteiger partial charge in [0, 0.05) is 24.2 Å². The van der Waals surface area contributed by atoms with Crippen LogP contribution in [0.4, 0.5) is 5.82 Å². The van der Waals surface area contributed by atoms with Crippen LogP contribution in [-0.2, 0) is 0 Å². The van der Waals surface area contributed by atoms with Gasteiger partial charge in [-0.3, -0.25) is 0 Å². The van der Waals surface area contributed by atoms with E-state index in [4.69, 9.17) is 0 Å². The predicted octanol–water partition coefficient (Wildman–Crippen LogP) is 3.04. The fourth-order valence-electron chi connectivity index (χ4n) is 1.46. The van der Waals surface area contributed by atoms with Crippen LogP contribution in [0, 0.1) is 0 Å². The zero-order chi connectivity index (χ0) is 10.4. The quantitative estimate of drug-likeness (QED) is 0.695. The van der Waals surface area contributed by atoms with Gasteiger partial charge in [0.1, 0.15) is 5.82 Å². The van der Waals surface area contributed by atoms with Crippen LogP contribution < -0.4 is 4.90 Å². The molecule has 3 heteroatoms. The summed E-state index contributed by atoms with van der Waals surface area (Å²) in [6.45, 7) is 6.48. The van der Waals surface area contributed by atoms with Crippen molar-refractivity contribution < 1.29 is 0 Å². The standard InChI is InChI=1S/C11H18N2S/c1-4-9-13(5-2)11-10(14-3)7-6-8-12-11/h6-8H,4-5,9H2,1-3H3. The summed E-state index contributed by atoms with van der Waals surface area (Å²) in [7, 11) is 0. The molecule has 0 fully saturated rings. The van der Waals surface area contributed by atoms with E-state index in [1.807, 2.05) is 12.3 Å². The Kier molecular flexibility index (Phi) is 4.80. The first kappa shape index (κ1) is 11.4. The van der Waals surface area contributed by atoms with Gasteiger partial charge in [-0.1, -0.05) is 6.92 Å². The molecule has 0 saturated carbocycles. The second-order valence-electron chi connectivity index (χ2n) is 3.11. The van der Waals surface area contributed by atoms with Crippen molar-refractivity contribution in [3.05, 3.63) is 18.3 Å². The van der Waals surface area contributed by atoms with Gasteiger partial charge < -0.3 is 4.90 Å². The van der Waals surface area contributed by atoms with Gasteiger partial charge >= 0.3 is 0 Å². The Hall–Kier alpha value is -0.700. The number of nitrogens with zero attached hydrogens (tertiary/aromatic N) is 2. The number of hydrogen-bond acceptors (Lipinski definition) is 3. The van der Waals surface area contributed by atoms with E-state index in [9.17, 15) is 0 Å². The highest BCUT2D eigenvalue weighted by Crippen LogP contribution is 2.25. The van der Waals surface area contributed by atoms with Gasteiger partial charge in [0.15, 0.2) is 0 Å². The molecule has 1 aromatic rings. The monoisotopic (exact) mass is 210 g/mol. The summed E-state index contributed by atoms with van der Waals surface area (Å²) in [5, 5.41) is 0. The lowest BCUT2D eigenvalue weighted by atomic mass is 10.3. The van der Waals surface area contributed by atoms with Gasteiger partial charge in [0.2, 0.25) is 0 Å². The average molecular weight is 210 g/mol. The first-order valence-corrected chi connectivity index (χ1v) is 6.29. The molecule has 0 unspecified atom stereocenters. The zero-order valence-corrected chi connectivity index (χ0v) is 9.97. The van der Waals surface area contributed by atoms with Crippen LogP contribution in [0.15, 0.2) is 23.2 Å². The molecule has 1 heterocycles. The predicted molar refractivity (Wildman–Crippen MR) is 64.2 cm³/mol. The molecule has 0 bridgehead atoms. The number of aromatic nitrogens is 1. The van der Waals surface area contributed by atoms with Crippen molar-refractivity contribution in [3.63, 3.8) is 0 Å². The summed E-state index contributed by atoms with van der Waals surface area (Å²) in [6.07, 6.45) is 5.13. The minimum Gasteiger partial charge on any atom is -0.356 e. The molecule has 0 N–H and O–H groups in total. The minimum absolute atomic E-state index is 1.03. The van der Waals surface area contributed by atoms with Crippen LogP contribution in [0.5, 0.6) is 0 Å². The highest BCUT2D eigenvalue weighted by atomic mass is 32.2. The van der Waals surface area contributed by atoms with Crippen molar-refractivity contribution in [1.29, 1.82) is 0 Å². The lowest BCUT2D eigenvalue weighted by Crippen LogP contribution is -2.24. The van der Waals surface area contributed by atoms with E-state index in [0.29, 0.717) is 0 Å². The summed E-state index contributed by atoms with van der Waals surface area (Å²) >= 11 is 1.76. The maximum absolute atomic E-state index is 4.44. The highest BCUT2D eigenvalue weighted by Gasteiger charge is 2.08. The van der Waals surface area contributed by atoms with E-state index >= 15 is 0 Å². The molecule has 0 aliphatic carbocycles. The van der Waals surface area contributed by atoms with Crippen LogP contribution in [0.1, 0.15) is 20.3 Å². The van der Waals surface area contributed by atoms with Gasteiger partial charge in [0.25, 0.3) is 0 Å². The van der Waals surface area contributed by atoms with Crippen LogP contribution in [0.2, 0.25) is 0 Å². The Labute approximate surface area is 90.7 Å². The maximum Gasteiger partial charge on any atom is 0.142 e. The molecule has 2 nitrogen and oxygen atoms in total. The lowest BCUT2D eigenvalue weighted by molar-refractivity contribution is 0.769. The molecular formula is C11H18N2S. The number of hydrogen-bond donors (Lipinski definition) is 0. The summed E-state index contributed by atoms with van der Waals surface area (Å²) < 4.78 is 0. The molecular weight excluding hydrogens is 192 g/mol. The first-order chi connectivity index (χ1) is 6.83. The second-order valence-corrected chi connectivity index (χ2v) is 3.96. The molecule has 0 saturated heterocycles. The van der Waals surface area contributed by atoms with Gasteiger partial charge in [-0.2, -0.15) is 0 Å². The maximum atomic E-state index is 4.44. The third-order valence-corrected chi connectivity index (χ3v) is 2.90. The number of rotatable bonds is 5. The van der Waals surface area contributed by atoms with E-state index in [1.165, 1.54) is 4.90 Å². The molecule has 78 valence electrons. The minimum atomic E-state index is 1.03. The van der Waals surface area contributed by atoms with E-state index < -0.39 is 0 Å². The molecule has 0 atom stereocenters. The van der Waals surface area contributed by atoms with E-state index in [2.05, 4.69) is 36.1 Å². The third kappa shape index (κ3) is 2.64. The van der Waals surface area contributed by atoms with E-state index in [1.54, 1.807) is 11.8 Å². The second kappa shape index (κ2) is 5.91. The van der Waals surface area contributed by atoms with Crippen molar-refractivity contribution in [2.24, 2.45) is 0 Å². The molecule has 0 amide bonds. The smallest absolute Gasteiger partial charge is 0.142 e. The lowest BCUT2D eigenvalue weighted by Gasteiger charge is -2.22. The molecule has 0 aliphatic heterocycles. The first-order valence-electron chi connectivity index (χ1n) is 5.07. The Morgan fingerprint density at radius 1 is 1.43 bits per heavy atom. The van der Waals surface area contributed by atoms with Crippen LogP contribution in [0.25, 0.3) is 0 Å². The highest BCUT2D eigenvalue weighted by molar-refractivity contribution is 7.98. The van der Waals surface area contributed by atoms with Gasteiger partial charge in [-0.15, -0.1) is 11.8 Å². The summed E-state index contributed by atoms with van der Waals surface area (Å²) in [4.78, 5) is 8.04. The molecule has 1 aromatic heterocycles. The Morgan fingerprint density at radius 3 is 2.79 bits per heavy atom. The van der Waals surface area contributed by atoms with Gasteiger partial charge in [-0.25, -0.2) is 4.98 Å². The average Bonchev–Trinajstić information content (AvgIpc) is 2.26. The van der Waals surface area contributed by atoms with Crippen LogP contribution in [0.3, 0.4) is 0 Å². The third-order valence-electron chi connectivity index (χ3n) is 2.15. The van der Waals surface area contributed by atoms with Crippen molar-refractivity contribution in [2.45, 2.75) is 25.2 Å². The molecule has 0 aliphatic rings. The molecule has 0 radical (unpaired) electrons. The van der Waals surface area contributed by atoms with Gasteiger partial charge in [-0.05, 0) is 31.7 Å². The van der Waals surface area contributed by atoms with Crippen LogP contribution in [-0.4, -0.2) is 24.3 Å². The van der Waals surface area contributed by atoms with Crippen molar-refractivity contribution in [3.8, 4) is 0 Å².